The maximum atomic E-state index is 12.3. The van der Waals surface area contributed by atoms with Gasteiger partial charge in [0, 0.05) is 30.2 Å². The van der Waals surface area contributed by atoms with Gasteiger partial charge in [-0.1, -0.05) is 18.2 Å². The van der Waals surface area contributed by atoms with Gasteiger partial charge in [0.25, 0.3) is 0 Å². The fourth-order valence-corrected chi connectivity index (χ4v) is 4.18. The second kappa shape index (κ2) is 7.82. The smallest absolute Gasteiger partial charge is 0.246 e. The number of nitrogens with two attached hydrogens (primary N) is 1. The van der Waals surface area contributed by atoms with E-state index in [0.29, 0.717) is 22.0 Å². The summed E-state index contributed by atoms with van der Waals surface area (Å²) in [5.41, 5.74) is 6.87. The number of hydrogen-bond acceptors (Lipinski definition) is 7. The van der Waals surface area contributed by atoms with E-state index in [4.69, 9.17) is 17.3 Å². The van der Waals surface area contributed by atoms with Crippen LogP contribution in [0.4, 0.5) is 5.95 Å². The summed E-state index contributed by atoms with van der Waals surface area (Å²) in [5.74, 6) is 0.105. The average Bonchev–Trinajstić information content (AvgIpc) is 2.65. The summed E-state index contributed by atoms with van der Waals surface area (Å²) in [6, 6.07) is 4.58. The van der Waals surface area contributed by atoms with Gasteiger partial charge in [-0.05, 0) is 29.8 Å². The average molecular weight is 423 g/mol. The van der Waals surface area contributed by atoms with Crippen LogP contribution in [-0.2, 0) is 14.8 Å². The lowest BCUT2D eigenvalue weighted by molar-refractivity contribution is -0.130. The zero-order valence-electron chi connectivity index (χ0n) is 15.1. The summed E-state index contributed by atoms with van der Waals surface area (Å²) in [5, 5.41) is 0.397. The van der Waals surface area contributed by atoms with Gasteiger partial charge >= 0.3 is 0 Å². The zero-order chi connectivity index (χ0) is 20.5. The minimum atomic E-state index is -3.41. The number of amides is 1. The van der Waals surface area contributed by atoms with Crippen LogP contribution in [-0.4, -0.2) is 64.4 Å². The molecule has 2 heterocycles. The first-order valence-corrected chi connectivity index (χ1v) is 10.5. The molecular formula is C17H19ClN6O3S. The van der Waals surface area contributed by atoms with Crippen molar-refractivity contribution in [2.24, 2.45) is 0 Å². The molecule has 1 amide bonds. The highest BCUT2D eigenvalue weighted by Gasteiger charge is 2.34. The lowest BCUT2D eigenvalue weighted by Crippen LogP contribution is -2.51. The third kappa shape index (κ3) is 4.29. The Labute approximate surface area is 167 Å². The molecule has 1 saturated heterocycles. The van der Waals surface area contributed by atoms with Gasteiger partial charge in [0.1, 0.15) is 6.33 Å². The van der Waals surface area contributed by atoms with E-state index in [1.165, 1.54) is 16.7 Å². The number of carbonyl (C=O) groups is 1. The van der Waals surface area contributed by atoms with Crippen LogP contribution in [0.25, 0.3) is 11.4 Å². The molecule has 1 fully saturated rings. The van der Waals surface area contributed by atoms with Crippen LogP contribution in [0.3, 0.4) is 0 Å². The van der Waals surface area contributed by atoms with Crippen LogP contribution >= 0.6 is 11.6 Å². The van der Waals surface area contributed by atoms with Gasteiger partial charge in [-0.15, -0.1) is 0 Å². The van der Waals surface area contributed by atoms with Gasteiger partial charge in [0.05, 0.1) is 12.3 Å². The van der Waals surface area contributed by atoms with E-state index in [2.05, 4.69) is 21.5 Å². The number of halogens is 1. The van der Waals surface area contributed by atoms with Gasteiger partial charge in [-0.25, -0.2) is 18.4 Å². The molecule has 3 rings (SSSR count). The van der Waals surface area contributed by atoms with Crippen LogP contribution in [0.1, 0.15) is 11.6 Å². The fraction of sp³-hybridized carbons (Fsp3) is 0.294. The molecule has 0 unspecified atom stereocenters. The predicted molar refractivity (Wildman–Crippen MR) is 106 cm³/mol. The molecule has 1 aromatic carbocycles. The third-order valence-electron chi connectivity index (χ3n) is 4.42. The molecule has 0 aliphatic carbocycles. The first kappa shape index (κ1) is 20.2. The standard InChI is InChI=1S/C17H19ClN6O3S/c1-3-15(25)24-5-4-23(28(2,26)27)9-14(24)11-6-12(8-13(18)7-11)16-20-10-21-17(19)22-16/h3,6-8,10,14H,1,4-5,9H2,2H3,(H2,19,20,21,22)/t14-/m0/s1. The number of nitrogens with zero attached hydrogens (tertiary/aromatic N) is 5. The second-order valence-electron chi connectivity index (χ2n) is 6.31. The number of hydrogen-bond donors (Lipinski definition) is 1. The highest BCUT2D eigenvalue weighted by atomic mass is 35.5. The van der Waals surface area contributed by atoms with Gasteiger partial charge in [-0.2, -0.15) is 9.29 Å². The number of sulfonamides is 1. The molecule has 9 nitrogen and oxygen atoms in total. The van der Waals surface area contributed by atoms with Crippen LogP contribution < -0.4 is 5.73 Å². The summed E-state index contributed by atoms with van der Waals surface area (Å²) in [4.78, 5) is 25.9. The SMILES string of the molecule is C=CC(=O)N1CCN(S(C)(=O)=O)C[C@H]1c1cc(Cl)cc(-c2ncnc(N)n2)c1. The summed E-state index contributed by atoms with van der Waals surface area (Å²) in [7, 11) is -3.41. The number of aromatic nitrogens is 3. The van der Waals surface area contributed by atoms with Crippen molar-refractivity contribution in [3.05, 3.63) is 47.8 Å². The van der Waals surface area contributed by atoms with E-state index >= 15 is 0 Å². The van der Waals surface area contributed by atoms with E-state index in [1.54, 1.807) is 23.1 Å². The second-order valence-corrected chi connectivity index (χ2v) is 8.73. The fourth-order valence-electron chi connectivity index (χ4n) is 3.11. The van der Waals surface area contributed by atoms with Crippen molar-refractivity contribution < 1.29 is 13.2 Å². The van der Waals surface area contributed by atoms with Gasteiger partial charge in [-0.3, -0.25) is 4.79 Å². The topological polar surface area (TPSA) is 122 Å². The Bertz CT molecular complexity index is 1030. The maximum absolute atomic E-state index is 12.3. The molecule has 2 N–H and O–H groups in total. The predicted octanol–water partition coefficient (Wildman–Crippen LogP) is 1.11. The lowest BCUT2D eigenvalue weighted by Gasteiger charge is -2.40. The monoisotopic (exact) mass is 422 g/mol. The molecule has 1 aliphatic rings. The quantitative estimate of drug-likeness (QED) is 0.732. The molecule has 148 valence electrons. The first-order chi connectivity index (χ1) is 13.2. The summed E-state index contributed by atoms with van der Waals surface area (Å²) in [6.45, 7) is 4.10. The molecule has 1 aliphatic heterocycles. The van der Waals surface area contributed by atoms with Crippen LogP contribution in [0.2, 0.25) is 5.02 Å². The molecule has 1 aromatic heterocycles. The largest absolute Gasteiger partial charge is 0.368 e. The number of anilines is 1. The van der Waals surface area contributed by atoms with E-state index in [1.807, 2.05) is 0 Å². The highest BCUT2D eigenvalue weighted by molar-refractivity contribution is 7.88. The lowest BCUT2D eigenvalue weighted by atomic mass is 10.00. The van der Waals surface area contributed by atoms with Crippen molar-refractivity contribution >= 4 is 33.5 Å². The summed E-state index contributed by atoms with van der Waals surface area (Å²) < 4.78 is 25.4. The molecule has 0 saturated carbocycles. The first-order valence-electron chi connectivity index (χ1n) is 8.32. The number of rotatable bonds is 4. The minimum absolute atomic E-state index is 0.0657. The van der Waals surface area contributed by atoms with E-state index in [9.17, 15) is 13.2 Å². The summed E-state index contributed by atoms with van der Waals surface area (Å²) >= 11 is 6.29. The summed E-state index contributed by atoms with van der Waals surface area (Å²) in [6.07, 6.45) is 3.64. The molecule has 11 heteroatoms. The van der Waals surface area contributed by atoms with E-state index in [0.717, 1.165) is 6.26 Å². The van der Waals surface area contributed by atoms with Crippen molar-refractivity contribution in [1.29, 1.82) is 0 Å². The van der Waals surface area contributed by atoms with Crippen LogP contribution in [0.5, 0.6) is 0 Å². The van der Waals surface area contributed by atoms with Crippen molar-refractivity contribution in [2.45, 2.75) is 6.04 Å². The normalized spacial score (nSPS) is 18.1. The molecule has 0 radical (unpaired) electrons. The van der Waals surface area contributed by atoms with E-state index < -0.39 is 16.1 Å². The molecule has 28 heavy (non-hydrogen) atoms. The molecule has 2 aromatic rings. The van der Waals surface area contributed by atoms with E-state index in [-0.39, 0.29) is 31.5 Å². The number of piperazine rings is 1. The maximum Gasteiger partial charge on any atom is 0.246 e. The Hall–Kier alpha value is -2.56. The zero-order valence-corrected chi connectivity index (χ0v) is 16.7. The Morgan fingerprint density at radius 3 is 2.71 bits per heavy atom. The van der Waals surface area contributed by atoms with Crippen LogP contribution in [0.15, 0.2) is 37.2 Å². The highest BCUT2D eigenvalue weighted by Crippen LogP contribution is 2.32. The third-order valence-corrected chi connectivity index (χ3v) is 5.91. The van der Waals surface area contributed by atoms with Crippen molar-refractivity contribution in [3.8, 4) is 11.4 Å². The Morgan fingerprint density at radius 2 is 2.07 bits per heavy atom. The van der Waals surface area contributed by atoms with Gasteiger partial charge < -0.3 is 10.6 Å². The van der Waals surface area contributed by atoms with Gasteiger partial charge in [0.15, 0.2) is 5.82 Å². The van der Waals surface area contributed by atoms with Crippen LogP contribution in [0, 0.1) is 0 Å². The molecule has 1 atom stereocenters. The number of benzene rings is 1. The van der Waals surface area contributed by atoms with Crippen molar-refractivity contribution in [3.63, 3.8) is 0 Å². The number of nitrogen functional groups attached to an aromatic ring is 1. The number of carbonyl (C=O) groups excluding carboxylic acids is 1. The molecule has 0 bridgehead atoms. The van der Waals surface area contributed by atoms with Gasteiger partial charge in [0.2, 0.25) is 21.9 Å². The minimum Gasteiger partial charge on any atom is -0.368 e. The Balaban J connectivity index is 2.06. The molecule has 0 spiro atoms. The Kier molecular flexibility index (Phi) is 5.64. The molecular weight excluding hydrogens is 404 g/mol. The Morgan fingerprint density at radius 1 is 1.32 bits per heavy atom. The van der Waals surface area contributed by atoms with Crippen molar-refractivity contribution in [1.82, 2.24) is 24.2 Å². The van der Waals surface area contributed by atoms with Crippen molar-refractivity contribution in [2.75, 3.05) is 31.6 Å².